The molecule has 9 nitrogen and oxygen atoms in total. The second kappa shape index (κ2) is 8.44. The molecule has 0 heterocycles. The lowest BCUT2D eigenvalue weighted by molar-refractivity contribution is -0.139. The van der Waals surface area contributed by atoms with Gasteiger partial charge in [-0.2, -0.15) is 4.31 Å². The van der Waals surface area contributed by atoms with Crippen molar-refractivity contribution >= 4 is 27.7 Å². The van der Waals surface area contributed by atoms with E-state index in [0.29, 0.717) is 0 Å². The van der Waals surface area contributed by atoms with Crippen LogP contribution in [0.1, 0.15) is 37.0 Å². The molecule has 0 saturated heterocycles. The van der Waals surface area contributed by atoms with Gasteiger partial charge in [-0.05, 0) is 31.0 Å². The van der Waals surface area contributed by atoms with E-state index in [9.17, 15) is 27.2 Å². The highest BCUT2D eigenvalue weighted by atomic mass is 32.2. The average Bonchev–Trinajstić information content (AvgIpc) is 3.44. The van der Waals surface area contributed by atoms with Crippen molar-refractivity contribution in [2.24, 2.45) is 0 Å². The molecular formula is C16H21FN4O5S. The SMILES string of the molecule is CCN(CC)S(=O)(=O)c1ccc(F)c(C(=O)NNC(=O)C(=O)NC2CC2)c1. The van der Waals surface area contributed by atoms with E-state index in [1.54, 1.807) is 13.8 Å². The maximum Gasteiger partial charge on any atom is 0.327 e. The summed E-state index contributed by atoms with van der Waals surface area (Å²) in [5, 5.41) is 2.42. The number of hydrazine groups is 1. The summed E-state index contributed by atoms with van der Waals surface area (Å²) in [6.45, 7) is 3.73. The molecule has 1 saturated carbocycles. The van der Waals surface area contributed by atoms with Gasteiger partial charge in [0, 0.05) is 19.1 Å². The summed E-state index contributed by atoms with van der Waals surface area (Å²) in [7, 11) is -3.89. The van der Waals surface area contributed by atoms with Crippen LogP contribution in [-0.4, -0.2) is 49.6 Å². The third kappa shape index (κ3) is 5.01. The third-order valence-electron chi connectivity index (χ3n) is 3.93. The fourth-order valence-electron chi connectivity index (χ4n) is 2.27. The average molecular weight is 400 g/mol. The molecule has 3 N–H and O–H groups in total. The van der Waals surface area contributed by atoms with E-state index in [4.69, 9.17) is 0 Å². The number of amides is 3. The Hall–Kier alpha value is -2.53. The van der Waals surface area contributed by atoms with Crippen LogP contribution in [0.4, 0.5) is 4.39 Å². The second-order valence-electron chi connectivity index (χ2n) is 5.89. The van der Waals surface area contributed by atoms with Gasteiger partial charge in [-0.25, -0.2) is 12.8 Å². The van der Waals surface area contributed by atoms with Crippen molar-refractivity contribution in [1.82, 2.24) is 20.5 Å². The minimum atomic E-state index is -3.89. The van der Waals surface area contributed by atoms with Crippen LogP contribution in [0.5, 0.6) is 0 Å². The lowest BCUT2D eigenvalue weighted by Crippen LogP contribution is -2.49. The van der Waals surface area contributed by atoms with Crippen molar-refractivity contribution in [3.8, 4) is 0 Å². The number of carbonyl (C=O) groups is 3. The Kier molecular flexibility index (Phi) is 6.50. The molecule has 3 amide bonds. The predicted octanol–water partition coefficient (Wildman–Crippen LogP) is -0.104. The number of sulfonamides is 1. The number of rotatable bonds is 6. The van der Waals surface area contributed by atoms with Crippen molar-refractivity contribution in [3.05, 3.63) is 29.6 Å². The van der Waals surface area contributed by atoms with Gasteiger partial charge in [-0.15, -0.1) is 0 Å². The van der Waals surface area contributed by atoms with Crippen LogP contribution in [0.15, 0.2) is 23.1 Å². The summed E-state index contributed by atoms with van der Waals surface area (Å²) in [6, 6.07) is 2.75. The highest BCUT2D eigenvalue weighted by Crippen LogP contribution is 2.19. The Morgan fingerprint density at radius 1 is 1.11 bits per heavy atom. The monoisotopic (exact) mass is 400 g/mol. The molecule has 0 atom stereocenters. The van der Waals surface area contributed by atoms with E-state index >= 15 is 0 Å². The van der Waals surface area contributed by atoms with Gasteiger partial charge in [0.15, 0.2) is 0 Å². The number of nitrogens with one attached hydrogen (secondary N) is 3. The Morgan fingerprint density at radius 2 is 1.74 bits per heavy atom. The van der Waals surface area contributed by atoms with Crippen LogP contribution in [0.3, 0.4) is 0 Å². The number of hydrogen-bond acceptors (Lipinski definition) is 5. The zero-order valence-electron chi connectivity index (χ0n) is 14.9. The summed E-state index contributed by atoms with van der Waals surface area (Å²) in [6.07, 6.45) is 1.56. The molecule has 0 aromatic heterocycles. The lowest BCUT2D eigenvalue weighted by Gasteiger charge is -2.19. The normalized spacial score (nSPS) is 13.9. The molecule has 1 fully saturated rings. The van der Waals surface area contributed by atoms with Crippen LogP contribution in [0.2, 0.25) is 0 Å². The first-order valence-corrected chi connectivity index (χ1v) is 9.85. The molecule has 0 bridgehead atoms. The maximum atomic E-state index is 14.0. The molecule has 1 aromatic rings. The van der Waals surface area contributed by atoms with Gasteiger partial charge < -0.3 is 5.32 Å². The zero-order valence-corrected chi connectivity index (χ0v) is 15.7. The Bertz CT molecular complexity index is 850. The van der Waals surface area contributed by atoms with Crippen molar-refractivity contribution in [1.29, 1.82) is 0 Å². The first-order valence-electron chi connectivity index (χ1n) is 8.41. The second-order valence-corrected chi connectivity index (χ2v) is 7.82. The molecule has 2 rings (SSSR count). The highest BCUT2D eigenvalue weighted by molar-refractivity contribution is 7.89. The number of carbonyl (C=O) groups excluding carboxylic acids is 3. The first-order chi connectivity index (χ1) is 12.7. The Balaban J connectivity index is 2.11. The highest BCUT2D eigenvalue weighted by Gasteiger charge is 2.27. The number of benzene rings is 1. The van der Waals surface area contributed by atoms with Gasteiger partial charge in [0.1, 0.15) is 5.82 Å². The molecule has 0 spiro atoms. The van der Waals surface area contributed by atoms with E-state index in [1.807, 2.05) is 10.9 Å². The molecule has 148 valence electrons. The van der Waals surface area contributed by atoms with Gasteiger partial charge in [0.25, 0.3) is 5.91 Å². The van der Waals surface area contributed by atoms with Crippen LogP contribution < -0.4 is 16.2 Å². The van der Waals surface area contributed by atoms with Gasteiger partial charge in [0.2, 0.25) is 10.0 Å². The van der Waals surface area contributed by atoms with Gasteiger partial charge in [-0.1, -0.05) is 13.8 Å². The summed E-state index contributed by atoms with van der Waals surface area (Å²) in [5.41, 5.74) is 3.19. The molecule has 0 radical (unpaired) electrons. The van der Waals surface area contributed by atoms with E-state index in [1.165, 1.54) is 0 Å². The van der Waals surface area contributed by atoms with Crippen molar-refractivity contribution in [3.63, 3.8) is 0 Å². The Morgan fingerprint density at radius 3 is 2.30 bits per heavy atom. The minimum absolute atomic E-state index is 0.0432. The predicted molar refractivity (Wildman–Crippen MR) is 93.3 cm³/mol. The van der Waals surface area contributed by atoms with Gasteiger partial charge >= 0.3 is 11.8 Å². The maximum absolute atomic E-state index is 14.0. The summed E-state index contributed by atoms with van der Waals surface area (Å²) in [5.74, 6) is -4.09. The fraction of sp³-hybridized carbons (Fsp3) is 0.438. The molecule has 1 aliphatic carbocycles. The molecule has 0 aliphatic heterocycles. The number of nitrogens with zero attached hydrogens (tertiary/aromatic N) is 1. The first kappa shape index (κ1) is 20.8. The molecule has 27 heavy (non-hydrogen) atoms. The topological polar surface area (TPSA) is 125 Å². The summed E-state index contributed by atoms with van der Waals surface area (Å²) < 4.78 is 40.1. The zero-order chi connectivity index (χ0) is 20.2. The molecule has 1 aromatic carbocycles. The van der Waals surface area contributed by atoms with E-state index in [2.05, 4.69) is 5.32 Å². The van der Waals surface area contributed by atoms with E-state index < -0.39 is 39.1 Å². The lowest BCUT2D eigenvalue weighted by atomic mass is 10.2. The van der Waals surface area contributed by atoms with Crippen LogP contribution in [0.25, 0.3) is 0 Å². The molecule has 0 unspecified atom stereocenters. The smallest absolute Gasteiger partial charge is 0.327 e. The van der Waals surface area contributed by atoms with E-state index in [-0.39, 0.29) is 24.0 Å². The van der Waals surface area contributed by atoms with Crippen molar-refractivity contribution < 1.29 is 27.2 Å². The largest absolute Gasteiger partial charge is 0.345 e. The summed E-state index contributed by atoms with van der Waals surface area (Å²) in [4.78, 5) is 34.9. The molecule has 11 heteroatoms. The fourth-order valence-corrected chi connectivity index (χ4v) is 3.75. The van der Waals surface area contributed by atoms with Crippen LogP contribution in [0, 0.1) is 5.82 Å². The van der Waals surface area contributed by atoms with Crippen LogP contribution >= 0.6 is 0 Å². The van der Waals surface area contributed by atoms with Crippen LogP contribution in [-0.2, 0) is 19.6 Å². The Labute approximate surface area is 156 Å². The van der Waals surface area contributed by atoms with Gasteiger partial charge in [0.05, 0.1) is 10.5 Å². The number of hydrogen-bond donors (Lipinski definition) is 3. The summed E-state index contributed by atoms with van der Waals surface area (Å²) >= 11 is 0. The van der Waals surface area contributed by atoms with E-state index in [0.717, 1.165) is 35.3 Å². The standard InChI is InChI=1S/C16H21FN4O5S/c1-3-21(4-2)27(25,26)11-7-8-13(17)12(9-11)14(22)19-20-16(24)15(23)18-10-5-6-10/h7-10H,3-6H2,1-2H3,(H,18,23)(H,19,22)(H,20,24). The third-order valence-corrected chi connectivity index (χ3v) is 5.98. The molecule has 1 aliphatic rings. The van der Waals surface area contributed by atoms with Gasteiger partial charge in [-0.3, -0.25) is 25.2 Å². The van der Waals surface area contributed by atoms with Crippen molar-refractivity contribution in [2.45, 2.75) is 37.6 Å². The number of halogens is 1. The molecular weight excluding hydrogens is 379 g/mol. The quantitative estimate of drug-likeness (QED) is 0.454. The van der Waals surface area contributed by atoms with Crippen molar-refractivity contribution in [2.75, 3.05) is 13.1 Å². The minimum Gasteiger partial charge on any atom is -0.345 e.